The molecule has 4 heteroatoms. The van der Waals surface area contributed by atoms with Crippen LogP contribution in [0.4, 0.5) is 0 Å². The van der Waals surface area contributed by atoms with Crippen molar-refractivity contribution in [2.75, 3.05) is 19.6 Å². The number of carboxylic acids is 1. The maximum atomic E-state index is 11.6. The molecule has 0 aromatic heterocycles. The summed E-state index contributed by atoms with van der Waals surface area (Å²) in [7, 11) is 0. The topological polar surface area (TPSA) is 40.5 Å². The number of rotatable bonds is 4. The molecule has 0 unspecified atom stereocenters. The lowest BCUT2D eigenvalue weighted by atomic mass is 9.81. The highest BCUT2D eigenvalue weighted by molar-refractivity contribution is 5.85. The zero-order valence-corrected chi connectivity index (χ0v) is 13.4. The molecule has 21 heavy (non-hydrogen) atoms. The maximum Gasteiger partial charge on any atom is 0.311 e. The van der Waals surface area contributed by atoms with Gasteiger partial charge in [-0.1, -0.05) is 36.2 Å². The Labute approximate surface area is 132 Å². The minimum absolute atomic E-state index is 0. The van der Waals surface area contributed by atoms with E-state index in [0.717, 1.165) is 45.3 Å². The number of likely N-dealkylation sites (tertiary alicyclic amines) is 1. The molecule has 1 aliphatic carbocycles. The van der Waals surface area contributed by atoms with Gasteiger partial charge in [0.05, 0.1) is 5.41 Å². The summed E-state index contributed by atoms with van der Waals surface area (Å²) in [4.78, 5) is 14.0. The van der Waals surface area contributed by atoms with E-state index in [4.69, 9.17) is 0 Å². The molecule has 116 valence electrons. The van der Waals surface area contributed by atoms with Crippen LogP contribution in [0.15, 0.2) is 24.3 Å². The molecule has 0 spiro atoms. The summed E-state index contributed by atoms with van der Waals surface area (Å²) in [6.07, 6.45) is 4.06. The molecule has 0 bridgehead atoms. The van der Waals surface area contributed by atoms with E-state index in [1.165, 1.54) is 11.1 Å². The summed E-state index contributed by atoms with van der Waals surface area (Å²) >= 11 is 0. The molecule has 1 aromatic rings. The fourth-order valence-electron chi connectivity index (χ4n) is 3.96. The Hall–Kier alpha value is -1.06. The van der Waals surface area contributed by atoms with Crippen LogP contribution in [-0.2, 0) is 11.2 Å². The van der Waals surface area contributed by atoms with Crippen LogP contribution in [0.5, 0.6) is 0 Å². The van der Waals surface area contributed by atoms with Gasteiger partial charge in [0.2, 0.25) is 0 Å². The first-order chi connectivity index (χ1) is 9.60. The van der Waals surface area contributed by atoms with Gasteiger partial charge in [-0.3, -0.25) is 4.79 Å². The Morgan fingerprint density at radius 2 is 2.10 bits per heavy atom. The molecule has 1 aliphatic heterocycles. The van der Waals surface area contributed by atoms with Gasteiger partial charge in [0.1, 0.15) is 0 Å². The van der Waals surface area contributed by atoms with E-state index in [9.17, 15) is 9.90 Å². The van der Waals surface area contributed by atoms with E-state index in [0.29, 0.717) is 5.92 Å². The van der Waals surface area contributed by atoms with Crippen LogP contribution in [0.3, 0.4) is 0 Å². The highest BCUT2D eigenvalue weighted by atomic mass is 35.5. The van der Waals surface area contributed by atoms with E-state index in [-0.39, 0.29) is 12.4 Å². The smallest absolute Gasteiger partial charge is 0.311 e. The van der Waals surface area contributed by atoms with Gasteiger partial charge in [0.25, 0.3) is 0 Å². The van der Waals surface area contributed by atoms with Crippen molar-refractivity contribution >= 4 is 18.4 Å². The second-order valence-electron chi connectivity index (χ2n) is 6.52. The molecule has 1 heterocycles. The Morgan fingerprint density at radius 1 is 1.38 bits per heavy atom. The fourth-order valence-corrected chi connectivity index (χ4v) is 3.96. The lowest BCUT2D eigenvalue weighted by Crippen LogP contribution is -2.36. The summed E-state index contributed by atoms with van der Waals surface area (Å²) in [6, 6.07) is 8.65. The number of carbonyl (C=O) groups is 1. The van der Waals surface area contributed by atoms with E-state index < -0.39 is 11.4 Å². The van der Waals surface area contributed by atoms with Crippen LogP contribution in [0.2, 0.25) is 0 Å². The highest BCUT2D eigenvalue weighted by Gasteiger charge is 2.54. The summed E-state index contributed by atoms with van der Waals surface area (Å²) in [5.41, 5.74) is 2.19. The molecule has 3 rings (SSSR count). The van der Waals surface area contributed by atoms with Gasteiger partial charge < -0.3 is 10.0 Å². The minimum atomic E-state index is -0.571. The quantitative estimate of drug-likeness (QED) is 0.929. The van der Waals surface area contributed by atoms with Crippen LogP contribution in [0.25, 0.3) is 0 Å². The van der Waals surface area contributed by atoms with Crippen molar-refractivity contribution in [1.82, 2.24) is 4.90 Å². The molecule has 2 aliphatic rings. The Bertz CT molecular complexity index is 502. The number of aryl methyl sites for hydroxylation is 1. The van der Waals surface area contributed by atoms with Crippen LogP contribution in [-0.4, -0.2) is 35.6 Å². The van der Waals surface area contributed by atoms with Gasteiger partial charge in [0, 0.05) is 19.6 Å². The molecule has 1 saturated carbocycles. The van der Waals surface area contributed by atoms with Crippen molar-refractivity contribution in [3.63, 3.8) is 0 Å². The number of benzene rings is 1. The van der Waals surface area contributed by atoms with Crippen LogP contribution in [0, 0.1) is 18.3 Å². The van der Waals surface area contributed by atoms with Gasteiger partial charge in [-0.05, 0) is 37.7 Å². The Kier molecular flexibility index (Phi) is 4.95. The van der Waals surface area contributed by atoms with Gasteiger partial charge in [-0.2, -0.15) is 0 Å². The third kappa shape index (κ3) is 3.09. The fraction of sp³-hybridized carbons (Fsp3) is 0.588. The average Bonchev–Trinajstić information content (AvgIpc) is 2.95. The highest BCUT2D eigenvalue weighted by Crippen LogP contribution is 2.48. The number of hydrogen-bond acceptors (Lipinski definition) is 2. The molecular formula is C17H24ClNO2. The average molecular weight is 310 g/mol. The normalized spacial score (nSPS) is 28.1. The first kappa shape index (κ1) is 16.3. The largest absolute Gasteiger partial charge is 0.481 e. The number of fused-ring (bicyclic) bond motifs is 1. The zero-order valence-electron chi connectivity index (χ0n) is 12.5. The lowest BCUT2D eigenvalue weighted by molar-refractivity contribution is -0.149. The Balaban J connectivity index is 0.00000161. The molecule has 1 aromatic carbocycles. The van der Waals surface area contributed by atoms with Gasteiger partial charge >= 0.3 is 5.97 Å². The Morgan fingerprint density at radius 3 is 2.71 bits per heavy atom. The zero-order chi connectivity index (χ0) is 14.2. The van der Waals surface area contributed by atoms with Crippen LogP contribution < -0.4 is 0 Å². The third-order valence-electron chi connectivity index (χ3n) is 5.20. The molecule has 2 fully saturated rings. The van der Waals surface area contributed by atoms with E-state index in [1.807, 2.05) is 0 Å². The lowest BCUT2D eigenvalue weighted by Gasteiger charge is -2.23. The summed E-state index contributed by atoms with van der Waals surface area (Å²) in [5.74, 6) is -0.198. The van der Waals surface area contributed by atoms with Crippen molar-refractivity contribution in [1.29, 1.82) is 0 Å². The second kappa shape index (κ2) is 6.37. The predicted octanol–water partition coefficient (Wildman–Crippen LogP) is 3.15. The molecule has 0 amide bonds. The van der Waals surface area contributed by atoms with Crippen LogP contribution >= 0.6 is 12.4 Å². The van der Waals surface area contributed by atoms with Crippen molar-refractivity contribution in [2.45, 2.75) is 32.6 Å². The molecule has 2 atom stereocenters. The van der Waals surface area contributed by atoms with Crippen molar-refractivity contribution < 1.29 is 9.90 Å². The minimum Gasteiger partial charge on any atom is -0.481 e. The monoisotopic (exact) mass is 309 g/mol. The second-order valence-corrected chi connectivity index (χ2v) is 6.52. The number of aliphatic carboxylic acids is 1. The van der Waals surface area contributed by atoms with Crippen molar-refractivity contribution in [3.05, 3.63) is 35.4 Å². The van der Waals surface area contributed by atoms with Gasteiger partial charge in [-0.25, -0.2) is 0 Å². The van der Waals surface area contributed by atoms with Gasteiger partial charge in [0.15, 0.2) is 0 Å². The molecule has 0 radical (unpaired) electrons. The first-order valence-corrected chi connectivity index (χ1v) is 7.61. The maximum absolute atomic E-state index is 11.6. The molecule has 1 N–H and O–H groups in total. The third-order valence-corrected chi connectivity index (χ3v) is 5.20. The SMILES string of the molecule is Cc1ccc(CCN2C[C@@H]3CCC[C@@]3(C(=O)O)C2)cc1.Cl. The number of hydrogen-bond donors (Lipinski definition) is 1. The number of nitrogens with zero attached hydrogens (tertiary/aromatic N) is 1. The molecule has 3 nitrogen and oxygen atoms in total. The number of halogens is 1. The predicted molar refractivity (Wildman–Crippen MR) is 86.0 cm³/mol. The van der Waals surface area contributed by atoms with E-state index in [1.54, 1.807) is 0 Å². The van der Waals surface area contributed by atoms with Gasteiger partial charge in [-0.15, -0.1) is 12.4 Å². The van der Waals surface area contributed by atoms with Crippen molar-refractivity contribution in [3.8, 4) is 0 Å². The summed E-state index contributed by atoms with van der Waals surface area (Å²) in [5, 5.41) is 9.58. The standard InChI is InChI=1S/C17H23NO2.ClH/c1-13-4-6-14(7-5-13)8-10-18-11-15-3-2-9-17(15,12-18)16(19)20;/h4-7,15H,2-3,8-12H2,1H3,(H,19,20);1H/t15-,17+;/m0./s1. The van der Waals surface area contributed by atoms with Crippen molar-refractivity contribution in [2.24, 2.45) is 11.3 Å². The van der Waals surface area contributed by atoms with E-state index in [2.05, 4.69) is 36.1 Å². The molecular weight excluding hydrogens is 286 g/mol. The van der Waals surface area contributed by atoms with Crippen LogP contribution in [0.1, 0.15) is 30.4 Å². The van der Waals surface area contributed by atoms with E-state index >= 15 is 0 Å². The number of carboxylic acid groups (broad SMARTS) is 1. The first-order valence-electron chi connectivity index (χ1n) is 7.61. The summed E-state index contributed by atoms with van der Waals surface area (Å²) in [6.45, 7) is 4.80. The molecule has 1 saturated heterocycles. The summed E-state index contributed by atoms with van der Waals surface area (Å²) < 4.78 is 0.